The van der Waals surface area contributed by atoms with Crippen LogP contribution < -0.4 is 5.73 Å². The van der Waals surface area contributed by atoms with Crippen LogP contribution in [0.2, 0.25) is 0 Å². The van der Waals surface area contributed by atoms with Gasteiger partial charge in [0, 0.05) is 15.6 Å². The summed E-state index contributed by atoms with van der Waals surface area (Å²) in [6.07, 6.45) is 0. The average molecular weight is 372 g/mol. The summed E-state index contributed by atoms with van der Waals surface area (Å²) in [5.74, 6) is 0.300. The maximum Gasteiger partial charge on any atom is 0.249 e. The molecule has 0 saturated carbocycles. The molecule has 1 aromatic heterocycles. The molecule has 1 heterocycles. The van der Waals surface area contributed by atoms with Crippen molar-refractivity contribution in [2.24, 2.45) is 5.73 Å². The molecule has 4 nitrogen and oxygen atoms in total. The number of hydrogen-bond donors (Lipinski definition) is 1. The molecule has 0 aliphatic heterocycles. The Balaban J connectivity index is 2.40. The van der Waals surface area contributed by atoms with E-state index in [2.05, 4.69) is 41.3 Å². The van der Waals surface area contributed by atoms with Gasteiger partial charge >= 0.3 is 0 Å². The lowest BCUT2D eigenvalue weighted by Gasteiger charge is -2.25. The lowest BCUT2D eigenvalue weighted by Crippen LogP contribution is -2.23. The second kappa shape index (κ2) is 5.49. The van der Waals surface area contributed by atoms with Crippen LogP contribution in [-0.2, 0) is 5.54 Å². The maximum absolute atomic E-state index is 11.8. The smallest absolute Gasteiger partial charge is 0.249 e. The highest BCUT2D eigenvalue weighted by molar-refractivity contribution is 9.10. The molecule has 0 fully saturated rings. The van der Waals surface area contributed by atoms with Crippen LogP contribution in [0.15, 0.2) is 46.9 Å². The molecule has 0 aliphatic rings. The molecule has 3 rings (SSSR count). The van der Waals surface area contributed by atoms with Crippen molar-refractivity contribution in [3.05, 3.63) is 52.5 Å². The lowest BCUT2D eigenvalue weighted by atomic mass is 10.0. The molecule has 0 saturated heterocycles. The Labute approximate surface area is 143 Å². The van der Waals surface area contributed by atoms with E-state index < -0.39 is 5.91 Å². The van der Waals surface area contributed by atoms with Crippen molar-refractivity contribution >= 4 is 32.9 Å². The zero-order chi connectivity index (χ0) is 16.8. The molecule has 0 atom stereocenters. The first kappa shape index (κ1) is 15.7. The fraction of sp³-hybridized carbons (Fsp3) is 0.222. The Morgan fingerprint density at radius 2 is 1.87 bits per heavy atom. The number of halogens is 1. The minimum Gasteiger partial charge on any atom is -0.366 e. The van der Waals surface area contributed by atoms with E-state index in [1.807, 2.05) is 36.4 Å². The van der Waals surface area contributed by atoms with E-state index in [-0.39, 0.29) is 5.54 Å². The van der Waals surface area contributed by atoms with Crippen LogP contribution in [0.25, 0.3) is 22.4 Å². The molecule has 0 bridgehead atoms. The number of primary amides is 1. The molecule has 2 N–H and O–H groups in total. The fourth-order valence-corrected chi connectivity index (χ4v) is 3.16. The number of hydrogen-bond acceptors (Lipinski definition) is 2. The number of benzene rings is 2. The minimum absolute atomic E-state index is 0.192. The quantitative estimate of drug-likeness (QED) is 0.728. The molecule has 0 unspecified atom stereocenters. The largest absolute Gasteiger partial charge is 0.366 e. The Kier molecular flexibility index (Phi) is 3.76. The van der Waals surface area contributed by atoms with Crippen molar-refractivity contribution in [3.8, 4) is 11.4 Å². The second-order valence-corrected chi connectivity index (χ2v) is 7.40. The first-order valence-corrected chi connectivity index (χ1v) is 8.16. The van der Waals surface area contributed by atoms with Crippen LogP contribution in [0.5, 0.6) is 0 Å². The van der Waals surface area contributed by atoms with Crippen molar-refractivity contribution in [3.63, 3.8) is 0 Å². The summed E-state index contributed by atoms with van der Waals surface area (Å²) >= 11 is 3.49. The molecule has 118 valence electrons. The molecule has 0 spiro atoms. The van der Waals surface area contributed by atoms with Gasteiger partial charge in [-0.2, -0.15) is 0 Å². The summed E-state index contributed by atoms with van der Waals surface area (Å²) in [7, 11) is 0. The van der Waals surface area contributed by atoms with E-state index >= 15 is 0 Å². The Hall–Kier alpha value is -2.14. The molecule has 3 aromatic rings. The van der Waals surface area contributed by atoms with Crippen LogP contribution in [0, 0.1) is 0 Å². The molecule has 0 radical (unpaired) electrons. The summed E-state index contributed by atoms with van der Waals surface area (Å²) in [6, 6.07) is 13.3. The van der Waals surface area contributed by atoms with Gasteiger partial charge in [-0.05, 0) is 45.0 Å². The van der Waals surface area contributed by atoms with Crippen LogP contribution in [0.3, 0.4) is 0 Å². The predicted molar refractivity (Wildman–Crippen MR) is 96.4 cm³/mol. The zero-order valence-electron chi connectivity index (χ0n) is 13.3. The maximum atomic E-state index is 11.8. The Morgan fingerprint density at radius 3 is 2.52 bits per heavy atom. The van der Waals surface area contributed by atoms with E-state index in [0.717, 1.165) is 26.9 Å². The molecular formula is C18H18BrN3O. The summed E-state index contributed by atoms with van der Waals surface area (Å²) in [6.45, 7) is 6.35. The van der Waals surface area contributed by atoms with E-state index in [0.29, 0.717) is 5.56 Å². The van der Waals surface area contributed by atoms with E-state index in [9.17, 15) is 4.79 Å². The van der Waals surface area contributed by atoms with Gasteiger partial charge in [-0.1, -0.05) is 34.1 Å². The fourth-order valence-electron chi connectivity index (χ4n) is 2.81. The van der Waals surface area contributed by atoms with E-state index in [1.54, 1.807) is 6.07 Å². The van der Waals surface area contributed by atoms with E-state index in [4.69, 9.17) is 10.7 Å². The van der Waals surface area contributed by atoms with Gasteiger partial charge in [0.25, 0.3) is 0 Å². The molecule has 2 aromatic carbocycles. The van der Waals surface area contributed by atoms with Crippen molar-refractivity contribution in [2.45, 2.75) is 26.3 Å². The highest BCUT2D eigenvalue weighted by atomic mass is 79.9. The normalized spacial score (nSPS) is 11.8. The number of carbonyl (C=O) groups excluding carboxylic acids is 1. The lowest BCUT2D eigenvalue weighted by molar-refractivity contribution is 0.100. The monoisotopic (exact) mass is 371 g/mol. The van der Waals surface area contributed by atoms with Gasteiger partial charge < -0.3 is 10.3 Å². The van der Waals surface area contributed by atoms with E-state index in [1.165, 1.54) is 0 Å². The SMILES string of the molecule is CC(C)(C)n1c(-c2ccccc2C(N)=O)nc2cc(Br)ccc21. The second-order valence-electron chi connectivity index (χ2n) is 6.48. The topological polar surface area (TPSA) is 60.9 Å². The van der Waals surface area contributed by atoms with Gasteiger partial charge in [0.05, 0.1) is 16.6 Å². The number of nitrogens with two attached hydrogens (primary N) is 1. The van der Waals surface area contributed by atoms with Crippen molar-refractivity contribution < 1.29 is 4.79 Å². The molecule has 1 amide bonds. The Bertz CT molecular complexity index is 906. The molecule has 23 heavy (non-hydrogen) atoms. The van der Waals surface area contributed by atoms with Gasteiger partial charge in [-0.25, -0.2) is 4.98 Å². The van der Waals surface area contributed by atoms with Crippen LogP contribution in [0.1, 0.15) is 31.1 Å². The standard InChI is InChI=1S/C18H18BrN3O/c1-18(2,3)22-15-9-8-11(19)10-14(15)21-17(22)13-7-5-4-6-12(13)16(20)23/h4-10H,1-3H3,(H2,20,23). The number of imidazole rings is 1. The third kappa shape index (κ3) is 2.77. The first-order valence-electron chi connectivity index (χ1n) is 7.37. The number of aromatic nitrogens is 2. The zero-order valence-corrected chi connectivity index (χ0v) is 14.9. The first-order chi connectivity index (χ1) is 10.8. The van der Waals surface area contributed by atoms with Crippen molar-refractivity contribution in [2.75, 3.05) is 0 Å². The summed E-state index contributed by atoms with van der Waals surface area (Å²) in [5.41, 5.74) is 8.49. The highest BCUT2D eigenvalue weighted by Gasteiger charge is 2.24. The van der Waals surface area contributed by atoms with Crippen LogP contribution in [0.4, 0.5) is 0 Å². The van der Waals surface area contributed by atoms with Gasteiger partial charge in [0.1, 0.15) is 5.82 Å². The summed E-state index contributed by atoms with van der Waals surface area (Å²) < 4.78 is 3.12. The number of fused-ring (bicyclic) bond motifs is 1. The third-order valence-electron chi connectivity index (χ3n) is 3.72. The highest BCUT2D eigenvalue weighted by Crippen LogP contribution is 2.33. The Morgan fingerprint density at radius 1 is 1.17 bits per heavy atom. The predicted octanol–water partition coefficient (Wildman–Crippen LogP) is 4.32. The molecule has 0 aliphatic carbocycles. The summed E-state index contributed by atoms with van der Waals surface area (Å²) in [5, 5.41) is 0. The van der Waals surface area contributed by atoms with Crippen LogP contribution >= 0.6 is 15.9 Å². The van der Waals surface area contributed by atoms with Gasteiger partial charge in [-0.15, -0.1) is 0 Å². The van der Waals surface area contributed by atoms with Crippen molar-refractivity contribution in [1.29, 1.82) is 0 Å². The van der Waals surface area contributed by atoms with Gasteiger partial charge in [-0.3, -0.25) is 4.79 Å². The summed E-state index contributed by atoms with van der Waals surface area (Å²) in [4.78, 5) is 16.6. The third-order valence-corrected chi connectivity index (χ3v) is 4.21. The average Bonchev–Trinajstić information content (AvgIpc) is 2.85. The number of carbonyl (C=O) groups is 1. The van der Waals surface area contributed by atoms with Crippen molar-refractivity contribution in [1.82, 2.24) is 9.55 Å². The number of amides is 1. The number of nitrogens with zero attached hydrogens (tertiary/aromatic N) is 2. The molecular weight excluding hydrogens is 354 g/mol. The van der Waals surface area contributed by atoms with Gasteiger partial charge in [0.15, 0.2) is 0 Å². The minimum atomic E-state index is -0.450. The van der Waals surface area contributed by atoms with Gasteiger partial charge in [0.2, 0.25) is 5.91 Å². The number of rotatable bonds is 2. The van der Waals surface area contributed by atoms with Crippen LogP contribution in [-0.4, -0.2) is 15.5 Å². The molecule has 5 heteroatoms.